The lowest BCUT2D eigenvalue weighted by molar-refractivity contribution is 0.558. The highest BCUT2D eigenvalue weighted by Gasteiger charge is 2.57. The van der Waals surface area contributed by atoms with Crippen LogP contribution in [0.4, 0.5) is 0 Å². The molecule has 0 spiro atoms. The average molecular weight is 190 g/mol. The van der Waals surface area contributed by atoms with Gasteiger partial charge in [-0.1, -0.05) is 13.8 Å². The summed E-state index contributed by atoms with van der Waals surface area (Å²) in [7, 11) is 0. The second-order valence-corrected chi connectivity index (χ2v) is 4.87. The molecule has 1 aliphatic carbocycles. The van der Waals surface area contributed by atoms with Crippen LogP contribution in [0, 0.1) is 18.3 Å². The number of aromatic nitrogens is 1. The van der Waals surface area contributed by atoms with Crippen molar-refractivity contribution in [3.63, 3.8) is 0 Å². The normalized spacial score (nSPS) is 28.9. The van der Waals surface area contributed by atoms with Crippen molar-refractivity contribution in [2.24, 2.45) is 17.1 Å². The van der Waals surface area contributed by atoms with Crippen LogP contribution in [-0.4, -0.2) is 11.5 Å². The zero-order valence-electron chi connectivity index (χ0n) is 9.12. The summed E-state index contributed by atoms with van der Waals surface area (Å²) in [6, 6.07) is 2.08. The van der Waals surface area contributed by atoms with E-state index in [1.165, 1.54) is 11.1 Å². The first-order valence-corrected chi connectivity index (χ1v) is 5.19. The van der Waals surface area contributed by atoms with Crippen LogP contribution in [0.25, 0.3) is 0 Å². The van der Waals surface area contributed by atoms with E-state index >= 15 is 0 Å². The summed E-state index contributed by atoms with van der Waals surface area (Å²) in [6.07, 6.45) is 3.85. The molecule has 0 aliphatic heterocycles. The lowest BCUT2D eigenvalue weighted by atomic mass is 10.0. The molecule has 1 aromatic heterocycles. The Morgan fingerprint density at radius 3 is 2.71 bits per heavy atom. The highest BCUT2D eigenvalue weighted by Crippen LogP contribution is 2.64. The lowest BCUT2D eigenvalue weighted by Gasteiger charge is -2.05. The molecule has 0 saturated heterocycles. The fraction of sp³-hybridized carbons (Fsp3) is 0.583. The third-order valence-corrected chi connectivity index (χ3v) is 3.72. The summed E-state index contributed by atoms with van der Waals surface area (Å²) >= 11 is 0. The topological polar surface area (TPSA) is 38.9 Å². The van der Waals surface area contributed by atoms with E-state index in [2.05, 4.69) is 31.8 Å². The van der Waals surface area contributed by atoms with Gasteiger partial charge in [0.15, 0.2) is 0 Å². The molecule has 1 heterocycles. The second kappa shape index (κ2) is 3.06. The van der Waals surface area contributed by atoms with E-state index in [1.807, 2.05) is 12.4 Å². The van der Waals surface area contributed by atoms with Crippen LogP contribution in [0.1, 0.15) is 30.9 Å². The van der Waals surface area contributed by atoms with Gasteiger partial charge in [-0.2, -0.15) is 0 Å². The van der Waals surface area contributed by atoms with E-state index in [0.717, 1.165) is 6.54 Å². The molecule has 1 aliphatic rings. The Balaban J connectivity index is 2.31. The molecule has 1 fully saturated rings. The van der Waals surface area contributed by atoms with Crippen molar-refractivity contribution in [3.05, 3.63) is 29.6 Å². The number of hydrogen-bond acceptors (Lipinski definition) is 2. The zero-order valence-corrected chi connectivity index (χ0v) is 9.12. The fourth-order valence-corrected chi connectivity index (χ4v) is 2.60. The summed E-state index contributed by atoms with van der Waals surface area (Å²) in [6.45, 7) is 7.52. The third kappa shape index (κ3) is 1.25. The van der Waals surface area contributed by atoms with Crippen LogP contribution in [0.3, 0.4) is 0 Å². The van der Waals surface area contributed by atoms with E-state index in [0.29, 0.717) is 17.3 Å². The third-order valence-electron chi connectivity index (χ3n) is 3.72. The molecule has 2 atom stereocenters. The lowest BCUT2D eigenvalue weighted by Crippen LogP contribution is -2.05. The highest BCUT2D eigenvalue weighted by atomic mass is 14.7. The van der Waals surface area contributed by atoms with Gasteiger partial charge >= 0.3 is 0 Å². The van der Waals surface area contributed by atoms with Crippen molar-refractivity contribution in [2.45, 2.75) is 26.7 Å². The fourth-order valence-electron chi connectivity index (χ4n) is 2.60. The molecule has 2 N–H and O–H groups in total. The number of nitrogens with two attached hydrogens (primary N) is 1. The first kappa shape index (κ1) is 9.66. The average Bonchev–Trinajstić information content (AvgIpc) is 2.69. The van der Waals surface area contributed by atoms with Crippen LogP contribution in [0.5, 0.6) is 0 Å². The molecular weight excluding hydrogens is 172 g/mol. The Labute approximate surface area is 85.5 Å². The van der Waals surface area contributed by atoms with Crippen LogP contribution in [0.15, 0.2) is 18.5 Å². The molecule has 2 nitrogen and oxygen atoms in total. The van der Waals surface area contributed by atoms with Crippen LogP contribution in [-0.2, 0) is 0 Å². The monoisotopic (exact) mass is 190 g/mol. The van der Waals surface area contributed by atoms with Gasteiger partial charge in [-0.05, 0) is 47.9 Å². The molecule has 1 aromatic rings. The second-order valence-electron chi connectivity index (χ2n) is 4.87. The van der Waals surface area contributed by atoms with Crippen molar-refractivity contribution in [1.82, 2.24) is 4.98 Å². The molecule has 2 heteroatoms. The summed E-state index contributed by atoms with van der Waals surface area (Å²) in [5, 5.41) is 0. The van der Waals surface area contributed by atoms with Crippen molar-refractivity contribution >= 4 is 0 Å². The predicted octanol–water partition coefficient (Wildman–Crippen LogP) is 2.09. The van der Waals surface area contributed by atoms with E-state index in [1.54, 1.807) is 0 Å². The first-order chi connectivity index (χ1) is 6.59. The molecule has 14 heavy (non-hydrogen) atoms. The molecule has 0 amide bonds. The Bertz CT molecular complexity index is 344. The largest absolute Gasteiger partial charge is 0.330 e. The van der Waals surface area contributed by atoms with Gasteiger partial charge in [0.05, 0.1) is 0 Å². The van der Waals surface area contributed by atoms with E-state index in [4.69, 9.17) is 5.73 Å². The number of pyridine rings is 1. The van der Waals surface area contributed by atoms with Gasteiger partial charge in [0.1, 0.15) is 0 Å². The number of nitrogens with zero attached hydrogens (tertiary/aromatic N) is 1. The molecule has 76 valence electrons. The Morgan fingerprint density at radius 2 is 2.21 bits per heavy atom. The van der Waals surface area contributed by atoms with Crippen LogP contribution >= 0.6 is 0 Å². The predicted molar refractivity (Wildman–Crippen MR) is 58.0 cm³/mol. The molecular formula is C12H18N2. The molecule has 2 rings (SSSR count). The van der Waals surface area contributed by atoms with Crippen molar-refractivity contribution in [2.75, 3.05) is 6.54 Å². The van der Waals surface area contributed by atoms with E-state index < -0.39 is 0 Å². The maximum absolute atomic E-state index is 5.77. The van der Waals surface area contributed by atoms with Gasteiger partial charge in [-0.25, -0.2) is 0 Å². The van der Waals surface area contributed by atoms with Crippen molar-refractivity contribution in [1.29, 1.82) is 0 Å². The number of rotatable bonds is 2. The van der Waals surface area contributed by atoms with Crippen LogP contribution < -0.4 is 5.73 Å². The van der Waals surface area contributed by atoms with Gasteiger partial charge in [0, 0.05) is 12.4 Å². The Kier molecular flexibility index (Phi) is 2.11. The SMILES string of the molecule is Cc1ccncc1[C@H]1[C@H](CN)C1(C)C. The minimum atomic E-state index is 0.364. The maximum Gasteiger partial charge on any atom is 0.0305 e. The van der Waals surface area contributed by atoms with Crippen molar-refractivity contribution < 1.29 is 0 Å². The van der Waals surface area contributed by atoms with E-state index in [-0.39, 0.29) is 0 Å². The summed E-state index contributed by atoms with van der Waals surface area (Å²) < 4.78 is 0. The molecule has 0 aromatic carbocycles. The molecule has 0 unspecified atom stereocenters. The van der Waals surface area contributed by atoms with Crippen molar-refractivity contribution in [3.8, 4) is 0 Å². The Hall–Kier alpha value is -0.890. The van der Waals surface area contributed by atoms with Gasteiger partial charge in [0.25, 0.3) is 0 Å². The smallest absolute Gasteiger partial charge is 0.0305 e. The molecule has 0 bridgehead atoms. The Morgan fingerprint density at radius 1 is 1.50 bits per heavy atom. The highest BCUT2D eigenvalue weighted by molar-refractivity contribution is 5.35. The minimum absolute atomic E-state index is 0.364. The zero-order chi connectivity index (χ0) is 10.3. The number of aryl methyl sites for hydroxylation is 1. The minimum Gasteiger partial charge on any atom is -0.330 e. The molecule has 0 radical (unpaired) electrons. The van der Waals surface area contributed by atoms with Gasteiger partial charge in [-0.3, -0.25) is 4.98 Å². The number of hydrogen-bond donors (Lipinski definition) is 1. The maximum atomic E-state index is 5.77. The van der Waals surface area contributed by atoms with Gasteiger partial charge < -0.3 is 5.73 Å². The summed E-state index contributed by atoms with van der Waals surface area (Å²) in [4.78, 5) is 4.20. The standard InChI is InChI=1S/C12H18N2/c1-8-4-5-14-7-9(8)11-10(6-13)12(11,2)3/h4-5,7,10-11H,6,13H2,1-3H3/t10-,11-/m0/s1. The molecule has 1 saturated carbocycles. The summed E-state index contributed by atoms with van der Waals surface area (Å²) in [5.74, 6) is 1.24. The van der Waals surface area contributed by atoms with Gasteiger partial charge in [0.2, 0.25) is 0 Å². The van der Waals surface area contributed by atoms with E-state index in [9.17, 15) is 0 Å². The summed E-state index contributed by atoms with van der Waals surface area (Å²) in [5.41, 5.74) is 8.85. The first-order valence-electron chi connectivity index (χ1n) is 5.19. The van der Waals surface area contributed by atoms with Gasteiger partial charge in [-0.15, -0.1) is 0 Å². The quantitative estimate of drug-likeness (QED) is 0.775. The van der Waals surface area contributed by atoms with Crippen LogP contribution in [0.2, 0.25) is 0 Å².